The maximum atomic E-state index is 13.0. The van der Waals surface area contributed by atoms with Gasteiger partial charge in [-0.05, 0) is 42.5 Å². The number of rotatable bonds is 3. The van der Waals surface area contributed by atoms with Crippen LogP contribution in [0.1, 0.15) is 10.4 Å². The first-order valence-corrected chi connectivity index (χ1v) is 6.49. The van der Waals surface area contributed by atoms with E-state index in [1.54, 1.807) is 6.07 Å². The molecule has 6 nitrogen and oxygen atoms in total. The molecule has 22 heavy (non-hydrogen) atoms. The summed E-state index contributed by atoms with van der Waals surface area (Å²) >= 11 is 4.95. The Morgan fingerprint density at radius 2 is 1.86 bits per heavy atom. The average Bonchev–Trinajstić information content (AvgIpc) is 2.47. The Hall–Kier alpha value is -2.87. The quantitative estimate of drug-likeness (QED) is 0.516. The minimum atomic E-state index is -0.558. The van der Waals surface area contributed by atoms with Gasteiger partial charge in [-0.25, -0.2) is 4.39 Å². The SMILES string of the molecule is O=C(NC(=S)Nc1cccc(F)c1)c1ccc([N+](=O)[O-])cc1. The highest BCUT2D eigenvalue weighted by Crippen LogP contribution is 2.12. The molecule has 8 heteroatoms. The molecule has 2 rings (SSSR count). The van der Waals surface area contributed by atoms with Gasteiger partial charge in [0.05, 0.1) is 4.92 Å². The maximum absolute atomic E-state index is 13.0. The highest BCUT2D eigenvalue weighted by molar-refractivity contribution is 7.80. The van der Waals surface area contributed by atoms with Gasteiger partial charge in [-0.1, -0.05) is 6.07 Å². The van der Waals surface area contributed by atoms with Crippen LogP contribution >= 0.6 is 12.2 Å². The molecule has 0 fully saturated rings. The topological polar surface area (TPSA) is 84.3 Å². The number of nitro groups is 1. The van der Waals surface area contributed by atoms with Gasteiger partial charge >= 0.3 is 0 Å². The van der Waals surface area contributed by atoms with Crippen molar-refractivity contribution < 1.29 is 14.1 Å². The predicted octanol–water partition coefficient (Wildman–Crippen LogP) is 2.86. The summed E-state index contributed by atoms with van der Waals surface area (Å²) in [6, 6.07) is 10.7. The van der Waals surface area contributed by atoms with E-state index in [2.05, 4.69) is 10.6 Å². The van der Waals surface area contributed by atoms with Gasteiger partial charge in [0.25, 0.3) is 11.6 Å². The van der Waals surface area contributed by atoms with Crippen molar-refractivity contribution >= 4 is 34.6 Å². The Balaban J connectivity index is 1.99. The molecule has 0 unspecified atom stereocenters. The Morgan fingerprint density at radius 3 is 2.45 bits per heavy atom. The minimum absolute atomic E-state index is 0.00560. The Kier molecular flexibility index (Phi) is 4.74. The Morgan fingerprint density at radius 1 is 1.18 bits per heavy atom. The van der Waals surface area contributed by atoms with Gasteiger partial charge in [0.1, 0.15) is 5.82 Å². The molecule has 0 atom stereocenters. The lowest BCUT2D eigenvalue weighted by Crippen LogP contribution is -2.34. The fourth-order valence-corrected chi connectivity index (χ4v) is 1.85. The Labute approximate surface area is 130 Å². The first-order chi connectivity index (χ1) is 10.5. The molecule has 0 spiro atoms. The van der Waals surface area contributed by atoms with E-state index in [0.29, 0.717) is 5.69 Å². The first-order valence-electron chi connectivity index (χ1n) is 6.08. The summed E-state index contributed by atoms with van der Waals surface area (Å²) in [5.74, 6) is -0.960. The van der Waals surface area contributed by atoms with E-state index in [4.69, 9.17) is 12.2 Å². The molecule has 0 heterocycles. The number of carbonyl (C=O) groups excluding carboxylic acids is 1. The van der Waals surface area contributed by atoms with E-state index in [0.717, 1.165) is 0 Å². The first kappa shape index (κ1) is 15.5. The summed E-state index contributed by atoms with van der Waals surface area (Å²) in [5.41, 5.74) is 0.500. The van der Waals surface area contributed by atoms with E-state index in [1.807, 2.05) is 0 Å². The van der Waals surface area contributed by atoms with Gasteiger partial charge < -0.3 is 5.32 Å². The second-order valence-corrected chi connectivity index (χ2v) is 4.63. The molecule has 1 amide bonds. The number of hydrogen-bond acceptors (Lipinski definition) is 4. The molecule has 0 radical (unpaired) electrons. The van der Waals surface area contributed by atoms with Crippen molar-refractivity contribution in [3.05, 3.63) is 70.0 Å². The molecule has 0 aliphatic rings. The highest BCUT2D eigenvalue weighted by Gasteiger charge is 2.11. The van der Waals surface area contributed by atoms with Crippen molar-refractivity contribution in [3.8, 4) is 0 Å². The van der Waals surface area contributed by atoms with Gasteiger partial charge in [-0.2, -0.15) is 0 Å². The maximum Gasteiger partial charge on any atom is 0.269 e. The standard InChI is InChI=1S/C14H10FN3O3S/c15-10-2-1-3-11(8-10)16-14(22)17-13(19)9-4-6-12(7-5-9)18(20)21/h1-8H,(H2,16,17,19,22). The lowest BCUT2D eigenvalue weighted by molar-refractivity contribution is -0.384. The summed E-state index contributed by atoms with van der Waals surface area (Å²) in [5, 5.41) is 15.6. The van der Waals surface area contributed by atoms with Gasteiger partial charge in [-0.15, -0.1) is 0 Å². The van der Waals surface area contributed by atoms with Crippen LogP contribution in [-0.4, -0.2) is 15.9 Å². The monoisotopic (exact) mass is 319 g/mol. The van der Waals surface area contributed by atoms with Crippen LogP contribution in [0.3, 0.4) is 0 Å². The molecule has 2 N–H and O–H groups in total. The third-order valence-corrected chi connectivity index (χ3v) is 2.85. The molecule has 0 saturated carbocycles. The number of nitrogens with zero attached hydrogens (tertiary/aromatic N) is 1. The number of carbonyl (C=O) groups is 1. The van der Waals surface area contributed by atoms with E-state index in [-0.39, 0.29) is 16.4 Å². The molecule has 0 saturated heterocycles. The van der Waals surface area contributed by atoms with Crippen molar-refractivity contribution in [1.29, 1.82) is 0 Å². The van der Waals surface area contributed by atoms with Crippen molar-refractivity contribution in [2.45, 2.75) is 0 Å². The number of nitro benzene ring substituents is 1. The molecule has 2 aromatic rings. The normalized spacial score (nSPS) is 9.86. The number of benzene rings is 2. The number of nitrogens with one attached hydrogen (secondary N) is 2. The van der Waals surface area contributed by atoms with Gasteiger partial charge in [-0.3, -0.25) is 20.2 Å². The van der Waals surface area contributed by atoms with E-state index < -0.39 is 16.6 Å². The largest absolute Gasteiger partial charge is 0.332 e. The van der Waals surface area contributed by atoms with Crippen LogP contribution in [-0.2, 0) is 0 Å². The molecule has 0 aromatic heterocycles. The zero-order chi connectivity index (χ0) is 16.1. The van der Waals surface area contributed by atoms with Gasteiger partial charge in [0.2, 0.25) is 0 Å². The number of thiocarbonyl (C=S) groups is 1. The average molecular weight is 319 g/mol. The number of hydrogen-bond donors (Lipinski definition) is 2. The van der Waals surface area contributed by atoms with Crippen molar-refractivity contribution in [2.24, 2.45) is 0 Å². The van der Waals surface area contributed by atoms with Crippen LogP contribution < -0.4 is 10.6 Å². The second-order valence-electron chi connectivity index (χ2n) is 4.22. The van der Waals surface area contributed by atoms with Crippen LogP contribution in [0, 0.1) is 15.9 Å². The van der Waals surface area contributed by atoms with Crippen molar-refractivity contribution in [2.75, 3.05) is 5.32 Å². The lowest BCUT2D eigenvalue weighted by Gasteiger charge is -2.09. The Bertz CT molecular complexity index is 734. The molecule has 112 valence electrons. The van der Waals surface area contributed by atoms with Crippen molar-refractivity contribution in [1.82, 2.24) is 5.32 Å². The van der Waals surface area contributed by atoms with Gasteiger partial charge in [0, 0.05) is 23.4 Å². The summed E-state index contributed by atoms with van der Waals surface area (Å²) in [4.78, 5) is 21.9. The molecule has 0 aliphatic heterocycles. The van der Waals surface area contributed by atoms with Crippen LogP contribution in [0.25, 0.3) is 0 Å². The number of amides is 1. The fourth-order valence-electron chi connectivity index (χ4n) is 1.64. The zero-order valence-corrected chi connectivity index (χ0v) is 11.9. The molecule has 0 aliphatic carbocycles. The van der Waals surface area contributed by atoms with Crippen molar-refractivity contribution in [3.63, 3.8) is 0 Å². The van der Waals surface area contributed by atoms with E-state index >= 15 is 0 Å². The summed E-state index contributed by atoms with van der Waals surface area (Å²) in [6.45, 7) is 0. The number of non-ortho nitro benzene ring substituents is 1. The van der Waals surface area contributed by atoms with Crippen LogP contribution in [0.4, 0.5) is 15.8 Å². The highest BCUT2D eigenvalue weighted by atomic mass is 32.1. The van der Waals surface area contributed by atoms with Crippen LogP contribution in [0.2, 0.25) is 0 Å². The number of halogens is 1. The summed E-state index contributed by atoms with van der Waals surface area (Å²) in [6.07, 6.45) is 0. The molecule has 2 aromatic carbocycles. The van der Waals surface area contributed by atoms with Crippen LogP contribution in [0.15, 0.2) is 48.5 Å². The molecular formula is C14H10FN3O3S. The van der Waals surface area contributed by atoms with Crippen LogP contribution in [0.5, 0.6) is 0 Å². The lowest BCUT2D eigenvalue weighted by atomic mass is 10.2. The summed E-state index contributed by atoms with van der Waals surface area (Å²) in [7, 11) is 0. The van der Waals surface area contributed by atoms with E-state index in [1.165, 1.54) is 42.5 Å². The molecular weight excluding hydrogens is 309 g/mol. The predicted molar refractivity (Wildman–Crippen MR) is 83.2 cm³/mol. The fraction of sp³-hybridized carbons (Fsp3) is 0. The smallest absolute Gasteiger partial charge is 0.269 e. The zero-order valence-electron chi connectivity index (χ0n) is 11.1. The third kappa shape index (κ3) is 4.06. The van der Waals surface area contributed by atoms with E-state index in [9.17, 15) is 19.3 Å². The summed E-state index contributed by atoms with van der Waals surface area (Å²) < 4.78 is 13.0. The minimum Gasteiger partial charge on any atom is -0.332 e. The van der Waals surface area contributed by atoms with Gasteiger partial charge in [0.15, 0.2) is 5.11 Å². The second kappa shape index (κ2) is 6.72. The third-order valence-electron chi connectivity index (χ3n) is 2.65. The molecule has 0 bridgehead atoms. The number of anilines is 1.